The zero-order valence-corrected chi connectivity index (χ0v) is 11.4. The minimum atomic E-state index is -1.24. The van der Waals surface area contributed by atoms with Gasteiger partial charge in [-0.15, -0.1) is 0 Å². The van der Waals surface area contributed by atoms with Crippen LogP contribution in [0.15, 0.2) is 18.2 Å². The van der Waals surface area contributed by atoms with Gasteiger partial charge in [0, 0.05) is 12.2 Å². The molecule has 0 saturated heterocycles. The number of aromatic carboxylic acids is 1. The quantitative estimate of drug-likeness (QED) is 0.712. The molecule has 0 aromatic heterocycles. The van der Waals surface area contributed by atoms with Crippen LogP contribution < -0.4 is 5.32 Å². The molecule has 0 spiro atoms. The number of hydrogen-bond acceptors (Lipinski definition) is 3. The number of hydrogen-bond donors (Lipinski definition) is 2. The Labute approximate surface area is 113 Å². The third kappa shape index (κ3) is 4.87. The molecule has 0 heterocycles. The third-order valence-corrected chi connectivity index (χ3v) is 3.07. The highest BCUT2D eigenvalue weighted by atomic mass is 19.1. The number of carboxylic acids is 1. The third-order valence-electron chi connectivity index (χ3n) is 3.07. The summed E-state index contributed by atoms with van der Waals surface area (Å²) in [5.41, 5.74) is 0.315. The van der Waals surface area contributed by atoms with Gasteiger partial charge in [-0.1, -0.05) is 13.8 Å². The first-order valence-corrected chi connectivity index (χ1v) is 6.57. The molecule has 0 radical (unpaired) electrons. The van der Waals surface area contributed by atoms with E-state index in [1.54, 1.807) is 6.07 Å². The van der Waals surface area contributed by atoms with Crippen molar-refractivity contribution in [1.82, 2.24) is 4.90 Å². The van der Waals surface area contributed by atoms with E-state index in [0.717, 1.165) is 32.6 Å². The molecule has 1 aromatic carbocycles. The number of nitrogens with zero attached hydrogens (tertiary/aromatic N) is 1. The molecule has 0 fully saturated rings. The summed E-state index contributed by atoms with van der Waals surface area (Å²) in [5, 5.41) is 11.8. The smallest absolute Gasteiger partial charge is 0.338 e. The van der Waals surface area contributed by atoms with E-state index in [2.05, 4.69) is 24.1 Å². The molecule has 1 aromatic rings. The topological polar surface area (TPSA) is 52.6 Å². The summed E-state index contributed by atoms with van der Waals surface area (Å²) in [6.07, 6.45) is 0.962. The summed E-state index contributed by atoms with van der Waals surface area (Å²) < 4.78 is 13.4. The second-order valence-electron chi connectivity index (χ2n) is 4.31. The number of rotatable bonds is 8. The highest BCUT2D eigenvalue weighted by Gasteiger charge is 2.09. The molecule has 19 heavy (non-hydrogen) atoms. The largest absolute Gasteiger partial charge is 0.478 e. The van der Waals surface area contributed by atoms with Crippen LogP contribution in [0, 0.1) is 5.82 Å². The molecule has 0 saturated carbocycles. The highest BCUT2D eigenvalue weighted by Crippen LogP contribution is 2.14. The van der Waals surface area contributed by atoms with Crippen LogP contribution in [0.3, 0.4) is 0 Å². The maximum Gasteiger partial charge on any atom is 0.338 e. The normalized spacial score (nSPS) is 10.7. The first kappa shape index (κ1) is 15.4. The zero-order valence-electron chi connectivity index (χ0n) is 11.4. The van der Waals surface area contributed by atoms with Crippen molar-refractivity contribution in [1.29, 1.82) is 0 Å². The first-order valence-electron chi connectivity index (χ1n) is 6.57. The molecule has 0 atom stereocenters. The van der Waals surface area contributed by atoms with E-state index in [9.17, 15) is 9.18 Å². The molecule has 106 valence electrons. The van der Waals surface area contributed by atoms with Crippen molar-refractivity contribution in [3.8, 4) is 0 Å². The van der Waals surface area contributed by atoms with E-state index in [1.807, 2.05) is 0 Å². The van der Waals surface area contributed by atoms with Crippen molar-refractivity contribution in [3.05, 3.63) is 29.6 Å². The van der Waals surface area contributed by atoms with Crippen LogP contribution in [-0.2, 0) is 0 Å². The van der Waals surface area contributed by atoms with Gasteiger partial charge in [0.1, 0.15) is 5.82 Å². The molecule has 1 rings (SSSR count). The van der Waals surface area contributed by atoms with E-state index >= 15 is 0 Å². The lowest BCUT2D eigenvalue weighted by atomic mass is 10.2. The molecular weight excluding hydrogens is 247 g/mol. The van der Waals surface area contributed by atoms with Crippen molar-refractivity contribution >= 4 is 11.7 Å². The fourth-order valence-electron chi connectivity index (χ4n) is 1.87. The zero-order chi connectivity index (χ0) is 14.3. The molecule has 4 nitrogen and oxygen atoms in total. The van der Waals surface area contributed by atoms with E-state index < -0.39 is 11.8 Å². The Morgan fingerprint density at radius 2 is 2.05 bits per heavy atom. The van der Waals surface area contributed by atoms with Crippen LogP contribution in [-0.4, -0.2) is 42.2 Å². The number of halogens is 1. The molecular formula is C14H21FN2O2. The number of anilines is 1. The predicted octanol–water partition coefficient (Wildman–Crippen LogP) is 2.67. The second kappa shape index (κ2) is 7.74. The van der Waals surface area contributed by atoms with Gasteiger partial charge in [-0.2, -0.15) is 0 Å². The number of nitrogens with one attached hydrogen (secondary N) is 1. The van der Waals surface area contributed by atoms with Gasteiger partial charge in [-0.3, -0.25) is 0 Å². The van der Waals surface area contributed by atoms with Crippen molar-refractivity contribution in [2.45, 2.75) is 20.3 Å². The fourth-order valence-corrected chi connectivity index (χ4v) is 1.87. The van der Waals surface area contributed by atoms with E-state index in [1.165, 1.54) is 12.1 Å². The van der Waals surface area contributed by atoms with Crippen LogP contribution in [0.1, 0.15) is 30.6 Å². The maximum atomic E-state index is 13.4. The lowest BCUT2D eigenvalue weighted by Gasteiger charge is -2.17. The van der Waals surface area contributed by atoms with Gasteiger partial charge in [0.2, 0.25) is 0 Å². The number of carbonyl (C=O) groups is 1. The van der Waals surface area contributed by atoms with E-state index in [0.29, 0.717) is 5.69 Å². The Hall–Kier alpha value is -1.62. The number of carboxylic acid groups (broad SMARTS) is 1. The van der Waals surface area contributed by atoms with Crippen LogP contribution in [0.25, 0.3) is 0 Å². The van der Waals surface area contributed by atoms with Crippen LogP contribution in [0.2, 0.25) is 0 Å². The summed E-state index contributed by atoms with van der Waals surface area (Å²) in [5.74, 6) is -1.95. The average molecular weight is 268 g/mol. The molecule has 0 aliphatic heterocycles. The van der Waals surface area contributed by atoms with Gasteiger partial charge in [0.25, 0.3) is 0 Å². The highest BCUT2D eigenvalue weighted by molar-refractivity contribution is 5.88. The summed E-state index contributed by atoms with van der Waals surface area (Å²) in [7, 11) is 0. The lowest BCUT2D eigenvalue weighted by Crippen LogP contribution is -2.25. The van der Waals surface area contributed by atoms with E-state index in [-0.39, 0.29) is 5.56 Å². The van der Waals surface area contributed by atoms with Crippen molar-refractivity contribution in [2.75, 3.05) is 31.5 Å². The number of benzene rings is 1. The van der Waals surface area contributed by atoms with Gasteiger partial charge in [-0.25, -0.2) is 9.18 Å². The molecule has 0 aliphatic rings. The van der Waals surface area contributed by atoms with Crippen LogP contribution >= 0.6 is 0 Å². The van der Waals surface area contributed by atoms with Gasteiger partial charge < -0.3 is 15.3 Å². The van der Waals surface area contributed by atoms with Gasteiger partial charge in [0.15, 0.2) is 0 Å². The molecule has 2 N–H and O–H groups in total. The minimum Gasteiger partial charge on any atom is -0.478 e. The van der Waals surface area contributed by atoms with E-state index in [4.69, 9.17) is 5.11 Å². The summed E-state index contributed by atoms with van der Waals surface area (Å²) in [4.78, 5) is 13.0. The maximum absolute atomic E-state index is 13.4. The Kier molecular flexibility index (Phi) is 6.29. The monoisotopic (exact) mass is 268 g/mol. The summed E-state index contributed by atoms with van der Waals surface area (Å²) in [6.45, 7) is 8.03. The minimum absolute atomic E-state index is 0.298. The molecule has 0 unspecified atom stereocenters. The predicted molar refractivity (Wildman–Crippen MR) is 74.3 cm³/mol. The summed E-state index contributed by atoms with van der Waals surface area (Å²) in [6, 6.07) is 4.09. The van der Waals surface area contributed by atoms with Crippen molar-refractivity contribution in [2.24, 2.45) is 0 Å². The van der Waals surface area contributed by atoms with Crippen molar-refractivity contribution in [3.63, 3.8) is 0 Å². The van der Waals surface area contributed by atoms with Crippen LogP contribution in [0.4, 0.5) is 10.1 Å². The Balaban J connectivity index is 2.42. The first-order chi connectivity index (χ1) is 9.08. The SMILES string of the molecule is CCN(CC)CCCNc1ccc(C(=O)O)c(F)c1. The molecule has 0 aliphatic carbocycles. The Morgan fingerprint density at radius 1 is 1.37 bits per heavy atom. The Bertz CT molecular complexity index is 420. The van der Waals surface area contributed by atoms with Gasteiger partial charge >= 0.3 is 5.97 Å². The van der Waals surface area contributed by atoms with Crippen LogP contribution in [0.5, 0.6) is 0 Å². The standard InChI is InChI=1S/C14H21FN2O2/c1-3-17(4-2)9-5-8-16-11-6-7-12(14(18)19)13(15)10-11/h6-7,10,16H,3-5,8-9H2,1-2H3,(H,18,19). The molecule has 0 bridgehead atoms. The lowest BCUT2D eigenvalue weighted by molar-refractivity contribution is 0.0692. The van der Waals surface area contributed by atoms with Crippen molar-refractivity contribution < 1.29 is 14.3 Å². The van der Waals surface area contributed by atoms with Gasteiger partial charge in [0.05, 0.1) is 5.56 Å². The second-order valence-corrected chi connectivity index (χ2v) is 4.31. The average Bonchev–Trinajstić information content (AvgIpc) is 2.38. The molecule has 0 amide bonds. The fraction of sp³-hybridized carbons (Fsp3) is 0.500. The van der Waals surface area contributed by atoms with Gasteiger partial charge in [-0.05, 0) is 44.3 Å². The Morgan fingerprint density at radius 3 is 2.58 bits per heavy atom. The summed E-state index contributed by atoms with van der Waals surface area (Å²) >= 11 is 0. The molecule has 5 heteroatoms.